The van der Waals surface area contributed by atoms with Crippen LogP contribution in [-0.4, -0.2) is 32.6 Å². The Morgan fingerprint density at radius 1 is 1.07 bits per heavy atom. The van der Waals surface area contributed by atoms with Crippen molar-refractivity contribution in [1.82, 2.24) is 0 Å². The first-order valence-electron chi connectivity index (χ1n) is 8.20. The summed E-state index contributed by atoms with van der Waals surface area (Å²) in [5.74, 6) is 0.212. The molecule has 0 aromatic heterocycles. The van der Waals surface area contributed by atoms with Crippen molar-refractivity contribution >= 4 is 46.4 Å². The van der Waals surface area contributed by atoms with Gasteiger partial charge >= 0.3 is 0 Å². The molecule has 1 atom stereocenters. The maximum absolute atomic E-state index is 12.6. The number of benzene rings is 2. The van der Waals surface area contributed by atoms with Crippen LogP contribution in [-0.2, 0) is 9.59 Å². The summed E-state index contributed by atoms with van der Waals surface area (Å²) in [6.07, 6.45) is 0.120. The van der Waals surface area contributed by atoms with Crippen molar-refractivity contribution in [2.24, 2.45) is 5.92 Å². The Labute approximate surface area is 167 Å². The van der Waals surface area contributed by atoms with Crippen molar-refractivity contribution in [2.75, 3.05) is 31.0 Å². The minimum Gasteiger partial charge on any atom is -0.493 e. The van der Waals surface area contributed by atoms with Gasteiger partial charge in [-0.3, -0.25) is 9.59 Å². The van der Waals surface area contributed by atoms with Gasteiger partial charge in [0.15, 0.2) is 11.5 Å². The summed E-state index contributed by atoms with van der Waals surface area (Å²) in [6.45, 7) is 0.272. The molecule has 8 heteroatoms. The van der Waals surface area contributed by atoms with Crippen LogP contribution < -0.4 is 19.7 Å². The van der Waals surface area contributed by atoms with E-state index in [1.165, 1.54) is 7.11 Å². The number of rotatable bonds is 5. The molecule has 1 aliphatic heterocycles. The van der Waals surface area contributed by atoms with E-state index < -0.39 is 5.92 Å². The predicted octanol–water partition coefficient (Wildman–Crippen LogP) is 4.00. The van der Waals surface area contributed by atoms with E-state index in [1.807, 2.05) is 0 Å². The molecular formula is C19H18Cl2N2O4. The zero-order valence-corrected chi connectivity index (χ0v) is 16.3. The second-order valence-electron chi connectivity index (χ2n) is 6.09. The number of carbonyl (C=O) groups excluding carboxylic acids is 2. The first kappa shape index (κ1) is 19.3. The Morgan fingerprint density at radius 2 is 1.74 bits per heavy atom. The average molecular weight is 409 g/mol. The quantitative estimate of drug-likeness (QED) is 0.811. The Hall–Kier alpha value is -2.44. The molecule has 0 aliphatic carbocycles. The molecule has 1 heterocycles. The minimum absolute atomic E-state index is 0.120. The summed E-state index contributed by atoms with van der Waals surface area (Å²) in [7, 11) is 3.07. The van der Waals surface area contributed by atoms with Crippen molar-refractivity contribution in [3.8, 4) is 11.5 Å². The molecule has 1 aliphatic rings. The summed E-state index contributed by atoms with van der Waals surface area (Å²) in [5.41, 5.74) is 1.15. The number of nitrogens with zero attached hydrogens (tertiary/aromatic N) is 1. The first-order chi connectivity index (χ1) is 12.9. The number of carbonyl (C=O) groups is 2. The average Bonchev–Trinajstić information content (AvgIpc) is 3.02. The highest BCUT2D eigenvalue weighted by atomic mass is 35.5. The fraction of sp³-hybridized carbons (Fsp3) is 0.263. The van der Waals surface area contributed by atoms with E-state index in [4.69, 9.17) is 32.7 Å². The van der Waals surface area contributed by atoms with E-state index in [-0.39, 0.29) is 24.8 Å². The third-order valence-electron chi connectivity index (χ3n) is 4.30. The van der Waals surface area contributed by atoms with Crippen LogP contribution in [0.2, 0.25) is 10.0 Å². The summed E-state index contributed by atoms with van der Waals surface area (Å²) in [6, 6.07) is 9.99. The smallest absolute Gasteiger partial charge is 0.229 e. The zero-order valence-electron chi connectivity index (χ0n) is 14.8. The predicted molar refractivity (Wildman–Crippen MR) is 105 cm³/mol. The van der Waals surface area contributed by atoms with Crippen molar-refractivity contribution in [1.29, 1.82) is 0 Å². The Balaban J connectivity index is 1.74. The number of methoxy groups -OCH3 is 2. The number of nitrogens with one attached hydrogen (secondary N) is 1. The summed E-state index contributed by atoms with van der Waals surface area (Å²) in [4.78, 5) is 26.6. The standard InChI is InChI=1S/C19H18Cl2N2O4/c1-26-16-4-3-15(9-17(16)27-2)23-10-11(5-18(23)24)19(25)22-14-7-12(20)6-13(21)8-14/h3-4,6-9,11H,5,10H2,1-2H3,(H,22,25). The maximum Gasteiger partial charge on any atom is 0.229 e. The van der Waals surface area contributed by atoms with Crippen LogP contribution in [0.1, 0.15) is 6.42 Å². The second-order valence-corrected chi connectivity index (χ2v) is 6.96. The SMILES string of the molecule is COc1ccc(N2CC(C(=O)Nc3cc(Cl)cc(Cl)c3)CC2=O)cc1OC. The van der Waals surface area contributed by atoms with Crippen molar-refractivity contribution in [3.63, 3.8) is 0 Å². The molecule has 1 unspecified atom stereocenters. The lowest BCUT2D eigenvalue weighted by Crippen LogP contribution is -2.28. The van der Waals surface area contributed by atoms with E-state index in [0.29, 0.717) is 32.9 Å². The van der Waals surface area contributed by atoms with Crippen LogP contribution in [0, 0.1) is 5.92 Å². The van der Waals surface area contributed by atoms with E-state index in [2.05, 4.69) is 5.32 Å². The van der Waals surface area contributed by atoms with Gasteiger partial charge in [-0.25, -0.2) is 0 Å². The molecule has 0 bridgehead atoms. The van der Waals surface area contributed by atoms with Crippen LogP contribution >= 0.6 is 23.2 Å². The number of hydrogen-bond acceptors (Lipinski definition) is 4. The number of ether oxygens (including phenoxy) is 2. The lowest BCUT2D eigenvalue weighted by atomic mass is 10.1. The topological polar surface area (TPSA) is 67.9 Å². The van der Waals surface area contributed by atoms with Gasteiger partial charge in [-0.15, -0.1) is 0 Å². The van der Waals surface area contributed by atoms with Gasteiger partial charge in [-0.2, -0.15) is 0 Å². The van der Waals surface area contributed by atoms with Gasteiger partial charge in [0, 0.05) is 40.5 Å². The van der Waals surface area contributed by atoms with Gasteiger partial charge in [-0.05, 0) is 30.3 Å². The third kappa shape index (κ3) is 4.28. The molecule has 2 aromatic carbocycles. The largest absolute Gasteiger partial charge is 0.493 e. The van der Waals surface area contributed by atoms with Gasteiger partial charge < -0.3 is 19.7 Å². The monoisotopic (exact) mass is 408 g/mol. The molecule has 0 saturated carbocycles. The van der Waals surface area contributed by atoms with E-state index >= 15 is 0 Å². The molecule has 1 fully saturated rings. The van der Waals surface area contributed by atoms with Gasteiger partial charge in [0.25, 0.3) is 0 Å². The third-order valence-corrected chi connectivity index (χ3v) is 4.74. The lowest BCUT2D eigenvalue weighted by Gasteiger charge is -2.18. The van der Waals surface area contributed by atoms with Gasteiger partial charge in [0.05, 0.1) is 20.1 Å². The highest BCUT2D eigenvalue weighted by molar-refractivity contribution is 6.35. The van der Waals surface area contributed by atoms with E-state index in [0.717, 1.165) is 0 Å². The van der Waals surface area contributed by atoms with Gasteiger partial charge in [-0.1, -0.05) is 23.2 Å². The fourth-order valence-corrected chi connectivity index (χ4v) is 3.52. The molecule has 6 nitrogen and oxygen atoms in total. The van der Waals surface area contributed by atoms with E-state index in [1.54, 1.807) is 48.4 Å². The number of halogens is 2. The number of hydrogen-bond donors (Lipinski definition) is 1. The molecule has 27 heavy (non-hydrogen) atoms. The molecule has 1 saturated heterocycles. The number of anilines is 2. The van der Waals surface area contributed by atoms with Gasteiger partial charge in [0.2, 0.25) is 11.8 Å². The fourth-order valence-electron chi connectivity index (χ4n) is 3.00. The van der Waals surface area contributed by atoms with Crippen LogP contribution in [0.15, 0.2) is 36.4 Å². The molecule has 1 N–H and O–H groups in total. The first-order valence-corrected chi connectivity index (χ1v) is 8.96. The Morgan fingerprint density at radius 3 is 2.37 bits per heavy atom. The molecule has 2 amide bonds. The highest BCUT2D eigenvalue weighted by Gasteiger charge is 2.35. The van der Waals surface area contributed by atoms with Crippen LogP contribution in [0.4, 0.5) is 11.4 Å². The Bertz CT molecular complexity index is 868. The van der Waals surface area contributed by atoms with Gasteiger partial charge in [0.1, 0.15) is 0 Å². The zero-order chi connectivity index (χ0) is 19.6. The van der Waals surface area contributed by atoms with Crippen molar-refractivity contribution in [2.45, 2.75) is 6.42 Å². The summed E-state index contributed by atoms with van der Waals surface area (Å²) in [5, 5.41) is 3.61. The van der Waals surface area contributed by atoms with Crippen LogP contribution in [0.25, 0.3) is 0 Å². The number of amides is 2. The molecule has 142 valence electrons. The minimum atomic E-state index is -0.483. The van der Waals surface area contributed by atoms with Crippen molar-refractivity contribution in [3.05, 3.63) is 46.4 Å². The molecule has 0 spiro atoms. The second kappa shape index (κ2) is 8.06. The molecule has 0 radical (unpaired) electrons. The maximum atomic E-state index is 12.6. The normalized spacial score (nSPS) is 16.4. The lowest BCUT2D eigenvalue weighted by molar-refractivity contribution is -0.122. The van der Waals surface area contributed by atoms with Crippen LogP contribution in [0.3, 0.4) is 0 Å². The summed E-state index contributed by atoms with van der Waals surface area (Å²) < 4.78 is 10.5. The molecular weight excluding hydrogens is 391 g/mol. The Kier molecular flexibility index (Phi) is 5.77. The highest BCUT2D eigenvalue weighted by Crippen LogP contribution is 2.34. The summed E-state index contributed by atoms with van der Waals surface area (Å²) >= 11 is 11.9. The van der Waals surface area contributed by atoms with Crippen LogP contribution in [0.5, 0.6) is 11.5 Å². The molecule has 2 aromatic rings. The molecule has 3 rings (SSSR count). The van der Waals surface area contributed by atoms with E-state index in [9.17, 15) is 9.59 Å². The van der Waals surface area contributed by atoms with Crippen molar-refractivity contribution < 1.29 is 19.1 Å².